The van der Waals surface area contributed by atoms with Crippen LogP contribution in [0.5, 0.6) is 5.75 Å². The van der Waals surface area contributed by atoms with Crippen LogP contribution in [0, 0.1) is 6.92 Å². The minimum Gasteiger partial charge on any atom is -0.507 e. The molecule has 2 aromatic rings. The summed E-state index contributed by atoms with van der Waals surface area (Å²) in [6.07, 6.45) is 6.55. The summed E-state index contributed by atoms with van der Waals surface area (Å²) in [5.74, 6) is 0.349. The van der Waals surface area contributed by atoms with E-state index in [2.05, 4.69) is 37.8 Å². The summed E-state index contributed by atoms with van der Waals surface area (Å²) in [5, 5.41) is 10.4. The molecule has 1 aliphatic heterocycles. The van der Waals surface area contributed by atoms with E-state index in [9.17, 15) is 9.90 Å². The fraction of sp³-hybridized carbons (Fsp3) is 0.350. The van der Waals surface area contributed by atoms with Crippen molar-refractivity contribution in [3.05, 3.63) is 42.0 Å². The van der Waals surface area contributed by atoms with Crippen molar-refractivity contribution in [2.45, 2.75) is 11.8 Å². The molecular weight excluding hydrogens is 334 g/mol. The predicted octanol–water partition coefficient (Wildman–Crippen LogP) is 3.78. The van der Waals surface area contributed by atoms with E-state index in [-0.39, 0.29) is 12.5 Å². The van der Waals surface area contributed by atoms with E-state index in [1.54, 1.807) is 11.0 Å². The number of aryl methyl sites for hydroxylation is 1. The lowest BCUT2D eigenvalue weighted by atomic mass is 9.99. The van der Waals surface area contributed by atoms with Gasteiger partial charge in [-0.25, -0.2) is 10.0 Å². The second kappa shape index (κ2) is 6.73. The third-order valence-electron chi connectivity index (χ3n) is 4.40. The number of rotatable bonds is 3. The van der Waals surface area contributed by atoms with Crippen molar-refractivity contribution in [2.75, 3.05) is 43.4 Å². The van der Waals surface area contributed by atoms with Crippen LogP contribution < -0.4 is 4.90 Å². The monoisotopic (exact) mass is 359 g/mol. The Hall–Kier alpha value is -1.98. The number of carbonyl (C=O) groups excluding carboxylic acids is 1. The summed E-state index contributed by atoms with van der Waals surface area (Å²) in [7, 11) is -1.10. The highest BCUT2D eigenvalue weighted by molar-refractivity contribution is 8.32. The Balaban J connectivity index is 2.06. The average Bonchev–Trinajstić information content (AvgIpc) is 2.54. The Bertz CT molecular complexity index is 811. The molecule has 0 aromatic heterocycles. The lowest BCUT2D eigenvalue weighted by Crippen LogP contribution is -2.41. The fourth-order valence-electron chi connectivity index (χ4n) is 3.29. The zero-order valence-corrected chi connectivity index (χ0v) is 16.0. The number of phenols is 1. The number of amides is 1. The van der Waals surface area contributed by atoms with Gasteiger partial charge in [-0.2, -0.15) is 0 Å². The number of aromatic hydroxyl groups is 1. The molecule has 134 valence electrons. The Labute approximate surface area is 150 Å². The summed E-state index contributed by atoms with van der Waals surface area (Å²) >= 11 is 0. The number of nitrogens with zero attached hydrogens (tertiary/aromatic N) is 1. The molecule has 5 heteroatoms. The number of phenolic OH excluding ortho intramolecular Hbond substituents is 1. The van der Waals surface area contributed by atoms with Crippen LogP contribution in [0.1, 0.15) is 5.56 Å². The molecule has 0 bridgehead atoms. The van der Waals surface area contributed by atoms with Crippen molar-refractivity contribution in [3.63, 3.8) is 0 Å². The van der Waals surface area contributed by atoms with Crippen LogP contribution in [0.4, 0.5) is 5.69 Å². The molecule has 1 amide bonds. The second-order valence-electron chi connectivity index (χ2n) is 7.09. The van der Waals surface area contributed by atoms with Crippen LogP contribution >= 0.6 is 10.0 Å². The van der Waals surface area contributed by atoms with E-state index in [1.165, 1.54) is 0 Å². The van der Waals surface area contributed by atoms with Crippen molar-refractivity contribution in [1.29, 1.82) is 0 Å². The van der Waals surface area contributed by atoms with Gasteiger partial charge in [0, 0.05) is 17.1 Å². The number of benzene rings is 2. The molecule has 4 nitrogen and oxygen atoms in total. The number of anilines is 1. The van der Waals surface area contributed by atoms with Crippen molar-refractivity contribution in [2.24, 2.45) is 0 Å². The smallest absolute Gasteiger partial charge is 0.253 e. The number of morpholine rings is 1. The third kappa shape index (κ3) is 3.53. The average molecular weight is 359 g/mol. The molecule has 25 heavy (non-hydrogen) atoms. The number of carbonyl (C=O) groups is 1. The van der Waals surface area contributed by atoms with Gasteiger partial charge >= 0.3 is 0 Å². The van der Waals surface area contributed by atoms with Crippen molar-refractivity contribution >= 4 is 21.6 Å². The summed E-state index contributed by atoms with van der Waals surface area (Å²) < 4.78 is 5.21. The Kier molecular flexibility index (Phi) is 4.80. The first-order valence-electron chi connectivity index (χ1n) is 8.28. The maximum atomic E-state index is 12.1. The highest BCUT2D eigenvalue weighted by Gasteiger charge is 2.23. The molecule has 1 saturated heterocycles. The first-order valence-corrected chi connectivity index (χ1v) is 11.1. The molecule has 1 aliphatic rings. The van der Waals surface area contributed by atoms with Gasteiger partial charge < -0.3 is 14.7 Å². The number of ether oxygens (including phenoxy) is 1. The zero-order chi connectivity index (χ0) is 18.2. The molecule has 1 fully saturated rings. The van der Waals surface area contributed by atoms with Crippen LogP contribution in [0.3, 0.4) is 0 Å². The van der Waals surface area contributed by atoms with Crippen molar-refractivity contribution in [1.82, 2.24) is 0 Å². The molecule has 0 aliphatic carbocycles. The van der Waals surface area contributed by atoms with E-state index in [0.717, 1.165) is 27.3 Å². The number of hydrogen-bond acceptors (Lipinski definition) is 3. The van der Waals surface area contributed by atoms with E-state index >= 15 is 0 Å². The third-order valence-corrected chi connectivity index (χ3v) is 6.06. The molecule has 0 saturated carbocycles. The Morgan fingerprint density at radius 1 is 1.12 bits per heavy atom. The molecule has 0 spiro atoms. The zero-order valence-electron chi connectivity index (χ0n) is 15.2. The van der Waals surface area contributed by atoms with Gasteiger partial charge in [-0.3, -0.25) is 4.79 Å². The van der Waals surface area contributed by atoms with Gasteiger partial charge in [0.05, 0.1) is 6.61 Å². The predicted molar refractivity (Wildman–Crippen MR) is 105 cm³/mol. The van der Waals surface area contributed by atoms with Gasteiger partial charge in [-0.1, -0.05) is 18.2 Å². The summed E-state index contributed by atoms with van der Waals surface area (Å²) in [6, 6.07) is 11.8. The highest BCUT2D eigenvalue weighted by atomic mass is 32.3. The van der Waals surface area contributed by atoms with Gasteiger partial charge in [-0.15, -0.1) is 0 Å². The Morgan fingerprint density at radius 3 is 2.52 bits per heavy atom. The molecule has 0 radical (unpaired) electrons. The van der Waals surface area contributed by atoms with Crippen LogP contribution in [-0.4, -0.2) is 49.5 Å². The lowest BCUT2D eigenvalue weighted by molar-refractivity contribution is -0.125. The van der Waals surface area contributed by atoms with Gasteiger partial charge in [0.15, 0.2) is 0 Å². The van der Waals surface area contributed by atoms with Gasteiger partial charge in [0.2, 0.25) is 0 Å². The molecule has 1 N–H and O–H groups in total. The minimum absolute atomic E-state index is 0.00409. The SMILES string of the molecule is Cc1cc(N2CCOCC2=O)ccc1-c1cccc(O)c1S(C)(C)C. The first kappa shape index (κ1) is 17.8. The topological polar surface area (TPSA) is 49.8 Å². The maximum absolute atomic E-state index is 12.1. The second-order valence-corrected chi connectivity index (χ2v) is 11.2. The van der Waals surface area contributed by atoms with Crippen LogP contribution in [0.2, 0.25) is 0 Å². The highest BCUT2D eigenvalue weighted by Crippen LogP contribution is 2.54. The lowest BCUT2D eigenvalue weighted by Gasteiger charge is -2.30. The summed E-state index contributed by atoms with van der Waals surface area (Å²) in [4.78, 5) is 14.9. The molecule has 1 heterocycles. The summed E-state index contributed by atoms with van der Waals surface area (Å²) in [5.41, 5.74) is 4.16. The van der Waals surface area contributed by atoms with Crippen molar-refractivity contribution in [3.8, 4) is 16.9 Å². The molecule has 2 aromatic carbocycles. The number of hydrogen-bond donors (Lipinski definition) is 1. The normalized spacial score (nSPS) is 16.2. The van der Waals surface area contributed by atoms with E-state index in [0.29, 0.717) is 18.9 Å². The van der Waals surface area contributed by atoms with E-state index in [1.807, 2.05) is 18.2 Å². The van der Waals surface area contributed by atoms with Gasteiger partial charge in [0.25, 0.3) is 5.91 Å². The van der Waals surface area contributed by atoms with Gasteiger partial charge in [0.1, 0.15) is 12.4 Å². The van der Waals surface area contributed by atoms with Crippen molar-refractivity contribution < 1.29 is 14.6 Å². The summed E-state index contributed by atoms with van der Waals surface area (Å²) in [6.45, 7) is 3.35. The Morgan fingerprint density at radius 2 is 1.88 bits per heavy atom. The van der Waals surface area contributed by atoms with E-state index in [4.69, 9.17) is 4.74 Å². The minimum atomic E-state index is -1.10. The van der Waals surface area contributed by atoms with E-state index < -0.39 is 10.0 Å². The first-order chi connectivity index (χ1) is 11.8. The van der Waals surface area contributed by atoms with Crippen LogP contribution in [0.25, 0.3) is 11.1 Å². The largest absolute Gasteiger partial charge is 0.507 e. The van der Waals surface area contributed by atoms with Crippen LogP contribution in [-0.2, 0) is 9.53 Å². The molecular formula is C20H25NO3S. The van der Waals surface area contributed by atoms with Crippen LogP contribution in [0.15, 0.2) is 41.3 Å². The quantitative estimate of drug-likeness (QED) is 0.907. The molecule has 3 rings (SSSR count). The maximum Gasteiger partial charge on any atom is 0.253 e. The molecule has 0 unspecified atom stereocenters. The van der Waals surface area contributed by atoms with Gasteiger partial charge in [-0.05, 0) is 60.6 Å². The standard InChI is InChI=1S/C20H25NO3S/c1-14-12-15(21-10-11-24-13-19(21)23)8-9-16(14)17-6-5-7-18(22)20(17)25(2,3)4/h5-9,12,22H,10-11,13H2,1-4H3. The molecule has 0 atom stereocenters. The fourth-order valence-corrected chi connectivity index (χ4v) is 4.82.